The average molecular weight is 516 g/mol. The smallest absolute Gasteiger partial charge is 0.243 e. The van der Waals surface area contributed by atoms with Gasteiger partial charge in [-0.1, -0.05) is 12.1 Å². The maximum Gasteiger partial charge on any atom is 0.243 e. The van der Waals surface area contributed by atoms with Crippen LogP contribution in [0.25, 0.3) is 22.4 Å². The lowest BCUT2D eigenvalue weighted by molar-refractivity contribution is -0.120. The number of nitrogens with one attached hydrogen (secondary N) is 1. The maximum absolute atomic E-state index is 13.2. The van der Waals surface area contributed by atoms with Crippen molar-refractivity contribution in [2.45, 2.75) is 17.7 Å². The van der Waals surface area contributed by atoms with Crippen LogP contribution in [0.15, 0.2) is 63.2 Å². The van der Waals surface area contributed by atoms with E-state index in [2.05, 4.69) is 10.3 Å². The van der Waals surface area contributed by atoms with E-state index in [9.17, 15) is 17.6 Å². The van der Waals surface area contributed by atoms with E-state index in [-0.39, 0.29) is 17.3 Å². The van der Waals surface area contributed by atoms with Crippen molar-refractivity contribution < 1.29 is 26.8 Å². The summed E-state index contributed by atoms with van der Waals surface area (Å²) in [6, 6.07) is 12.1. The van der Waals surface area contributed by atoms with Crippen LogP contribution in [0.1, 0.15) is 12.8 Å². The quantitative estimate of drug-likeness (QED) is 0.398. The molecule has 0 saturated carbocycles. The summed E-state index contributed by atoms with van der Waals surface area (Å²) >= 11 is 1.26. The minimum atomic E-state index is -3.82. The topological polar surface area (TPSA) is 102 Å². The molecular formula is C24H22FN3O5S2. The number of fused-ring (bicyclic) bond motifs is 1. The number of ether oxygens (including phenoxy) is 1. The highest BCUT2D eigenvalue weighted by molar-refractivity contribution is 7.89. The van der Waals surface area contributed by atoms with Crippen molar-refractivity contribution >= 4 is 43.4 Å². The molecule has 4 aromatic rings. The van der Waals surface area contributed by atoms with Crippen LogP contribution < -0.4 is 10.1 Å². The minimum absolute atomic E-state index is 0.00647. The lowest BCUT2D eigenvalue weighted by Crippen LogP contribution is -2.43. The summed E-state index contributed by atoms with van der Waals surface area (Å²) in [6.07, 6.45) is 1.10. The highest BCUT2D eigenvalue weighted by atomic mass is 32.2. The van der Waals surface area contributed by atoms with Gasteiger partial charge in [0.05, 0.1) is 17.9 Å². The molecule has 182 valence electrons. The van der Waals surface area contributed by atoms with E-state index in [4.69, 9.17) is 9.15 Å². The molecule has 2 aromatic carbocycles. The molecule has 5 rings (SSSR count). The Kier molecular flexibility index (Phi) is 6.30. The van der Waals surface area contributed by atoms with Crippen molar-refractivity contribution in [1.29, 1.82) is 0 Å². The number of furan rings is 1. The van der Waals surface area contributed by atoms with Crippen LogP contribution in [0.3, 0.4) is 0 Å². The third-order valence-corrected chi connectivity index (χ3v) is 8.56. The number of hydrogen-bond acceptors (Lipinski definition) is 7. The average Bonchev–Trinajstić information content (AvgIpc) is 3.51. The number of methoxy groups -OCH3 is 1. The van der Waals surface area contributed by atoms with Gasteiger partial charge in [0.1, 0.15) is 11.5 Å². The first-order valence-electron chi connectivity index (χ1n) is 10.9. The Bertz CT molecular complexity index is 1480. The number of para-hydroxylation sites is 1. The highest BCUT2D eigenvalue weighted by Gasteiger charge is 2.33. The summed E-state index contributed by atoms with van der Waals surface area (Å²) in [5.41, 5.74) is 1.20. The third kappa shape index (κ3) is 4.66. The number of anilines is 1. The molecule has 0 aliphatic carbocycles. The monoisotopic (exact) mass is 515 g/mol. The number of carbonyl (C=O) groups is 1. The first kappa shape index (κ1) is 23.5. The summed E-state index contributed by atoms with van der Waals surface area (Å²) in [4.78, 5) is 17.4. The molecule has 1 aliphatic rings. The van der Waals surface area contributed by atoms with Crippen molar-refractivity contribution in [3.8, 4) is 17.2 Å². The number of sulfonamides is 1. The first-order valence-corrected chi connectivity index (χ1v) is 13.3. The fourth-order valence-corrected chi connectivity index (χ4v) is 6.33. The molecule has 1 atom stereocenters. The number of piperidine rings is 1. The molecule has 1 saturated heterocycles. The van der Waals surface area contributed by atoms with E-state index in [0.29, 0.717) is 47.3 Å². The molecule has 11 heteroatoms. The third-order valence-electron chi connectivity index (χ3n) is 5.92. The fraction of sp³-hybridized carbons (Fsp3) is 0.250. The number of aromatic nitrogens is 1. The maximum atomic E-state index is 13.2. The van der Waals surface area contributed by atoms with E-state index in [1.807, 2.05) is 24.3 Å². The van der Waals surface area contributed by atoms with Crippen molar-refractivity contribution in [3.63, 3.8) is 0 Å². The van der Waals surface area contributed by atoms with Gasteiger partial charge in [0.25, 0.3) is 0 Å². The fourth-order valence-electron chi connectivity index (χ4n) is 4.11. The number of thiazole rings is 1. The largest absolute Gasteiger partial charge is 0.493 e. The summed E-state index contributed by atoms with van der Waals surface area (Å²) in [6.45, 7) is 0.355. The van der Waals surface area contributed by atoms with Crippen LogP contribution in [-0.2, 0) is 14.8 Å². The zero-order valence-corrected chi connectivity index (χ0v) is 20.4. The Balaban J connectivity index is 1.28. The van der Waals surface area contributed by atoms with Gasteiger partial charge in [-0.05, 0) is 49.2 Å². The van der Waals surface area contributed by atoms with Crippen molar-refractivity contribution in [3.05, 3.63) is 59.7 Å². The lowest BCUT2D eigenvalue weighted by Gasteiger charge is -2.31. The normalized spacial score (nSPS) is 16.9. The number of hydrogen-bond donors (Lipinski definition) is 1. The van der Waals surface area contributed by atoms with Crippen molar-refractivity contribution in [2.24, 2.45) is 5.92 Å². The Morgan fingerprint density at radius 2 is 2.06 bits per heavy atom. The number of amides is 1. The zero-order chi connectivity index (χ0) is 24.6. The molecule has 8 nitrogen and oxygen atoms in total. The molecule has 1 aliphatic heterocycles. The Morgan fingerprint density at radius 1 is 1.26 bits per heavy atom. The van der Waals surface area contributed by atoms with Crippen molar-refractivity contribution in [1.82, 2.24) is 9.29 Å². The molecule has 2 aromatic heterocycles. The summed E-state index contributed by atoms with van der Waals surface area (Å²) in [7, 11) is -2.24. The van der Waals surface area contributed by atoms with E-state index < -0.39 is 21.8 Å². The number of benzene rings is 2. The van der Waals surface area contributed by atoms with Gasteiger partial charge < -0.3 is 14.5 Å². The lowest BCUT2D eigenvalue weighted by atomic mass is 9.99. The van der Waals surface area contributed by atoms with Gasteiger partial charge >= 0.3 is 0 Å². The Labute approximate surface area is 205 Å². The van der Waals surface area contributed by atoms with E-state index in [1.165, 1.54) is 27.8 Å². The van der Waals surface area contributed by atoms with Gasteiger partial charge in [0.2, 0.25) is 15.9 Å². The molecule has 0 bridgehead atoms. The van der Waals surface area contributed by atoms with Crippen LogP contribution in [-0.4, -0.2) is 43.8 Å². The van der Waals surface area contributed by atoms with E-state index in [0.717, 1.165) is 17.5 Å². The van der Waals surface area contributed by atoms with Gasteiger partial charge in [-0.25, -0.2) is 17.8 Å². The predicted octanol–water partition coefficient (Wildman–Crippen LogP) is 4.74. The van der Waals surface area contributed by atoms with Gasteiger partial charge in [0.15, 0.2) is 22.2 Å². The molecule has 1 fully saturated rings. The summed E-state index contributed by atoms with van der Waals surface area (Å²) in [5, 5.41) is 5.87. The Morgan fingerprint density at radius 3 is 2.83 bits per heavy atom. The van der Waals surface area contributed by atoms with E-state index >= 15 is 0 Å². The van der Waals surface area contributed by atoms with Gasteiger partial charge in [-0.3, -0.25) is 4.79 Å². The molecule has 1 unspecified atom stereocenters. The first-order chi connectivity index (χ1) is 16.8. The molecule has 1 N–H and O–H groups in total. The SMILES string of the molecule is COc1cccc2cc(-c3csc(NC(=O)C4CCCN(S(=O)(=O)c5ccc(F)cc5)C4)n3)oc12. The van der Waals surface area contributed by atoms with Crippen molar-refractivity contribution in [2.75, 3.05) is 25.5 Å². The molecule has 1 amide bonds. The second-order valence-corrected chi connectivity index (χ2v) is 11.0. The van der Waals surface area contributed by atoms with Gasteiger partial charge in [-0.2, -0.15) is 4.31 Å². The second-order valence-electron chi connectivity index (χ2n) is 8.17. The molecule has 3 heterocycles. The number of carbonyl (C=O) groups excluding carboxylic acids is 1. The van der Waals surface area contributed by atoms with Gasteiger partial charge in [-0.15, -0.1) is 11.3 Å². The number of nitrogens with zero attached hydrogens (tertiary/aromatic N) is 2. The molecule has 0 radical (unpaired) electrons. The second kappa shape index (κ2) is 9.40. The van der Waals surface area contributed by atoms with Crippen LogP contribution in [0.2, 0.25) is 0 Å². The van der Waals surface area contributed by atoms with Gasteiger partial charge in [0, 0.05) is 23.9 Å². The van der Waals surface area contributed by atoms with Crippen LogP contribution >= 0.6 is 11.3 Å². The predicted molar refractivity (Wildman–Crippen MR) is 130 cm³/mol. The standard InChI is InChI=1S/C24H22FN3O5S2/c1-32-20-6-2-4-15-12-21(33-22(15)20)19-14-34-24(26-19)27-23(29)16-5-3-11-28(13-16)35(30,31)18-9-7-17(25)8-10-18/h2,4,6-10,12,14,16H,3,5,11,13H2,1H3,(H,26,27,29). The van der Waals surface area contributed by atoms with Crippen LogP contribution in [0, 0.1) is 11.7 Å². The molecular weight excluding hydrogens is 493 g/mol. The van der Waals surface area contributed by atoms with Crippen LogP contribution in [0.4, 0.5) is 9.52 Å². The molecule has 0 spiro atoms. The summed E-state index contributed by atoms with van der Waals surface area (Å²) in [5.74, 6) is -0.159. The highest BCUT2D eigenvalue weighted by Crippen LogP contribution is 2.34. The van der Waals surface area contributed by atoms with Crippen LogP contribution in [0.5, 0.6) is 5.75 Å². The number of halogens is 1. The zero-order valence-electron chi connectivity index (χ0n) is 18.7. The molecule has 35 heavy (non-hydrogen) atoms. The minimum Gasteiger partial charge on any atom is -0.493 e. The van der Waals surface area contributed by atoms with E-state index in [1.54, 1.807) is 12.5 Å². The number of rotatable bonds is 6. The Hall–Kier alpha value is -3.28. The summed E-state index contributed by atoms with van der Waals surface area (Å²) < 4.78 is 51.6.